The minimum atomic E-state index is -0.480. The van der Waals surface area contributed by atoms with E-state index in [1.807, 2.05) is 25.3 Å². The van der Waals surface area contributed by atoms with Gasteiger partial charge in [-0.15, -0.1) is 37.2 Å². The molecule has 3 N–H and O–H groups in total. The van der Waals surface area contributed by atoms with Crippen LogP contribution in [-0.4, -0.2) is 55.1 Å². The number of hydrogen-bond acceptors (Lipinski definition) is 5. The van der Waals surface area contributed by atoms with Crippen LogP contribution < -0.4 is 16.0 Å². The fraction of sp³-hybridized carbons (Fsp3) is 0.625. The second-order valence-electron chi connectivity index (χ2n) is 6.09. The smallest absolute Gasteiger partial charge is 0.242 e. The lowest BCUT2D eigenvalue weighted by Crippen LogP contribution is -2.42. The highest BCUT2D eigenvalue weighted by Gasteiger charge is 2.21. The summed E-state index contributed by atoms with van der Waals surface area (Å²) in [5.74, 6) is 0.371. The number of nitrogens with two attached hydrogens (primary N) is 1. The summed E-state index contributed by atoms with van der Waals surface area (Å²) in [6.45, 7) is 3.96. The number of halogens is 3. The quantitative estimate of drug-likeness (QED) is 0.774. The second-order valence-corrected chi connectivity index (χ2v) is 6.09. The third-order valence-electron chi connectivity index (χ3n) is 4.34. The average molecular weight is 415 g/mol. The average Bonchev–Trinajstić information content (AvgIpc) is 2.54. The van der Waals surface area contributed by atoms with Gasteiger partial charge < -0.3 is 20.9 Å². The molecule has 0 saturated carbocycles. The maximum atomic E-state index is 11.7. The zero-order valence-corrected chi connectivity index (χ0v) is 17.4. The Morgan fingerprint density at radius 1 is 1.32 bits per heavy atom. The molecule has 0 aliphatic carbocycles. The van der Waals surface area contributed by atoms with E-state index in [-0.39, 0.29) is 43.1 Å². The SMILES string of the molecule is CC[C@H](N)C(=O)Nc1ccc(N2CCC(N(C)C)CC2)cn1.Cl.Cl.Cl. The first kappa shape index (κ1) is 26.4. The number of pyridine rings is 1. The first-order chi connectivity index (χ1) is 10.5. The van der Waals surface area contributed by atoms with Crippen molar-refractivity contribution in [2.24, 2.45) is 5.73 Å². The van der Waals surface area contributed by atoms with Gasteiger partial charge in [-0.1, -0.05) is 6.92 Å². The molecule has 0 bridgehead atoms. The van der Waals surface area contributed by atoms with Crippen LogP contribution in [0.25, 0.3) is 0 Å². The third-order valence-corrected chi connectivity index (χ3v) is 4.34. The number of hydrogen-bond donors (Lipinski definition) is 2. The molecule has 0 aromatic carbocycles. The van der Waals surface area contributed by atoms with E-state index >= 15 is 0 Å². The van der Waals surface area contributed by atoms with Crippen molar-refractivity contribution in [2.75, 3.05) is 37.4 Å². The Balaban J connectivity index is 0. The lowest BCUT2D eigenvalue weighted by molar-refractivity contribution is -0.117. The Kier molecular flexibility index (Phi) is 13.3. The molecule has 2 rings (SSSR count). The van der Waals surface area contributed by atoms with Crippen molar-refractivity contribution in [3.05, 3.63) is 18.3 Å². The molecule has 146 valence electrons. The van der Waals surface area contributed by atoms with E-state index in [2.05, 4.69) is 34.2 Å². The van der Waals surface area contributed by atoms with Crippen molar-refractivity contribution < 1.29 is 4.79 Å². The van der Waals surface area contributed by atoms with Crippen molar-refractivity contribution in [3.63, 3.8) is 0 Å². The van der Waals surface area contributed by atoms with Crippen LogP contribution in [0, 0.1) is 0 Å². The first-order valence-corrected chi connectivity index (χ1v) is 7.95. The van der Waals surface area contributed by atoms with E-state index in [0.717, 1.165) is 31.6 Å². The predicted molar refractivity (Wildman–Crippen MR) is 112 cm³/mol. The molecule has 1 fully saturated rings. The standard InChI is InChI=1S/C16H27N5O.3ClH/c1-4-14(17)16(22)19-15-6-5-13(11-18-15)21-9-7-12(8-10-21)20(2)3;;;/h5-6,11-12,14H,4,7-10,17H2,1-3H3,(H,18,19,22);3*1H/t14-;;;/m0.../s1. The molecule has 0 radical (unpaired) electrons. The topological polar surface area (TPSA) is 74.5 Å². The number of amides is 1. The largest absolute Gasteiger partial charge is 0.370 e. The summed E-state index contributed by atoms with van der Waals surface area (Å²) >= 11 is 0. The van der Waals surface area contributed by atoms with Gasteiger partial charge in [-0.05, 0) is 45.5 Å². The van der Waals surface area contributed by atoms with Gasteiger partial charge in [0.2, 0.25) is 5.91 Å². The Labute approximate surface area is 169 Å². The minimum absolute atomic E-state index is 0. The van der Waals surface area contributed by atoms with E-state index < -0.39 is 6.04 Å². The van der Waals surface area contributed by atoms with Gasteiger partial charge in [0, 0.05) is 19.1 Å². The maximum absolute atomic E-state index is 11.7. The maximum Gasteiger partial charge on any atom is 0.242 e. The van der Waals surface area contributed by atoms with Gasteiger partial charge in [0.15, 0.2) is 0 Å². The zero-order valence-electron chi connectivity index (χ0n) is 15.0. The van der Waals surface area contributed by atoms with Crippen LogP contribution in [0.3, 0.4) is 0 Å². The molecule has 0 spiro atoms. The van der Waals surface area contributed by atoms with Crippen molar-refractivity contribution in [1.82, 2.24) is 9.88 Å². The molecule has 9 heteroatoms. The van der Waals surface area contributed by atoms with Crippen LogP contribution in [0.5, 0.6) is 0 Å². The molecule has 2 heterocycles. The summed E-state index contributed by atoms with van der Waals surface area (Å²) in [5, 5.41) is 2.74. The van der Waals surface area contributed by atoms with Gasteiger partial charge in [-0.25, -0.2) is 4.98 Å². The summed E-state index contributed by atoms with van der Waals surface area (Å²) in [6.07, 6.45) is 4.77. The summed E-state index contributed by atoms with van der Waals surface area (Å²) in [6, 6.07) is 4.04. The number of aromatic nitrogens is 1. The van der Waals surface area contributed by atoms with Crippen molar-refractivity contribution in [2.45, 2.75) is 38.3 Å². The summed E-state index contributed by atoms with van der Waals surface area (Å²) in [5.41, 5.74) is 6.80. The van der Waals surface area contributed by atoms with Gasteiger partial charge in [0.1, 0.15) is 5.82 Å². The summed E-state index contributed by atoms with van der Waals surface area (Å²) in [4.78, 5) is 20.7. The molecule has 1 amide bonds. The molecule has 25 heavy (non-hydrogen) atoms. The number of nitrogens with one attached hydrogen (secondary N) is 1. The van der Waals surface area contributed by atoms with Gasteiger partial charge in [0.25, 0.3) is 0 Å². The van der Waals surface area contributed by atoms with E-state index in [9.17, 15) is 4.79 Å². The van der Waals surface area contributed by atoms with Crippen LogP contribution in [0.4, 0.5) is 11.5 Å². The third kappa shape index (κ3) is 7.54. The first-order valence-electron chi connectivity index (χ1n) is 7.95. The molecule has 1 aromatic rings. The number of carbonyl (C=O) groups excluding carboxylic acids is 1. The number of anilines is 2. The highest BCUT2D eigenvalue weighted by atomic mass is 35.5. The lowest BCUT2D eigenvalue weighted by Gasteiger charge is -2.36. The fourth-order valence-corrected chi connectivity index (χ4v) is 2.69. The number of piperidine rings is 1. The molecule has 1 atom stereocenters. The monoisotopic (exact) mass is 413 g/mol. The Bertz CT molecular complexity index is 493. The van der Waals surface area contributed by atoms with Crippen molar-refractivity contribution in [1.29, 1.82) is 0 Å². The highest BCUT2D eigenvalue weighted by Crippen LogP contribution is 2.21. The predicted octanol–water partition coefficient (Wildman–Crippen LogP) is 2.55. The zero-order chi connectivity index (χ0) is 16.1. The Morgan fingerprint density at radius 2 is 1.92 bits per heavy atom. The molecule has 1 aliphatic heterocycles. The van der Waals surface area contributed by atoms with Gasteiger partial charge in [-0.2, -0.15) is 0 Å². The molecule has 1 aromatic heterocycles. The fourth-order valence-electron chi connectivity index (χ4n) is 2.69. The van der Waals surface area contributed by atoms with Crippen LogP contribution in [-0.2, 0) is 4.79 Å². The molecular formula is C16H30Cl3N5O. The van der Waals surface area contributed by atoms with Crippen LogP contribution in [0.15, 0.2) is 18.3 Å². The number of nitrogens with zero attached hydrogens (tertiary/aromatic N) is 3. The molecule has 6 nitrogen and oxygen atoms in total. The van der Waals surface area contributed by atoms with Crippen LogP contribution in [0.1, 0.15) is 26.2 Å². The van der Waals surface area contributed by atoms with Gasteiger partial charge in [0.05, 0.1) is 17.9 Å². The van der Waals surface area contributed by atoms with E-state index in [4.69, 9.17) is 5.73 Å². The van der Waals surface area contributed by atoms with Gasteiger partial charge >= 0.3 is 0 Å². The van der Waals surface area contributed by atoms with E-state index in [0.29, 0.717) is 18.3 Å². The van der Waals surface area contributed by atoms with Gasteiger partial charge in [-0.3, -0.25) is 4.79 Å². The second kappa shape index (κ2) is 12.5. The lowest BCUT2D eigenvalue weighted by atomic mass is 10.0. The number of carbonyl (C=O) groups is 1. The van der Waals surface area contributed by atoms with Crippen molar-refractivity contribution >= 4 is 54.6 Å². The molecule has 1 saturated heterocycles. The minimum Gasteiger partial charge on any atom is -0.370 e. The Hall–Kier alpha value is -0.790. The van der Waals surface area contributed by atoms with E-state index in [1.54, 1.807) is 0 Å². The highest BCUT2D eigenvalue weighted by molar-refractivity contribution is 5.93. The van der Waals surface area contributed by atoms with Crippen molar-refractivity contribution in [3.8, 4) is 0 Å². The molecular weight excluding hydrogens is 385 g/mol. The number of rotatable bonds is 5. The summed E-state index contributed by atoms with van der Waals surface area (Å²) in [7, 11) is 4.28. The van der Waals surface area contributed by atoms with E-state index in [1.165, 1.54) is 0 Å². The van der Waals surface area contributed by atoms with Crippen LogP contribution >= 0.6 is 37.2 Å². The summed E-state index contributed by atoms with van der Waals surface area (Å²) < 4.78 is 0. The Morgan fingerprint density at radius 3 is 2.36 bits per heavy atom. The molecule has 0 unspecified atom stereocenters. The normalized spacial score (nSPS) is 15.5. The molecule has 1 aliphatic rings. The van der Waals surface area contributed by atoms with Crippen LogP contribution in [0.2, 0.25) is 0 Å².